The average Bonchev–Trinajstić information content (AvgIpc) is 3.55. The number of fused-ring (bicyclic) bond motifs is 1. The molecule has 2 aromatic carbocycles. The molecule has 2 amide bonds. The van der Waals surface area contributed by atoms with Crippen molar-refractivity contribution in [3.8, 4) is 17.2 Å². The van der Waals surface area contributed by atoms with E-state index >= 15 is 0 Å². The van der Waals surface area contributed by atoms with Crippen molar-refractivity contribution in [3.05, 3.63) is 53.6 Å². The van der Waals surface area contributed by atoms with Crippen LogP contribution >= 0.6 is 0 Å². The molecule has 0 saturated carbocycles. The molecule has 5 rings (SSSR count). The topological polar surface area (TPSA) is 138 Å². The maximum absolute atomic E-state index is 13.4. The highest BCUT2D eigenvalue weighted by Gasteiger charge is 2.47. The van der Waals surface area contributed by atoms with Gasteiger partial charge in [0.2, 0.25) is 18.6 Å². The zero-order valence-electron chi connectivity index (χ0n) is 26.4. The number of aliphatic carboxylic acids is 1. The van der Waals surface area contributed by atoms with Crippen LogP contribution in [0.5, 0.6) is 17.2 Å². The van der Waals surface area contributed by atoms with Crippen LogP contribution in [0.25, 0.3) is 0 Å². The van der Waals surface area contributed by atoms with Gasteiger partial charge in [-0.1, -0.05) is 44.9 Å². The van der Waals surface area contributed by atoms with E-state index in [1.54, 1.807) is 7.11 Å². The van der Waals surface area contributed by atoms with Crippen molar-refractivity contribution in [1.82, 2.24) is 20.9 Å². The smallest absolute Gasteiger partial charge is 0.309 e. The largest absolute Gasteiger partial charge is 0.497 e. The number of carboxylic acid groups (broad SMARTS) is 1. The summed E-state index contributed by atoms with van der Waals surface area (Å²) in [6.07, 6.45) is 4.42. The molecule has 2 fully saturated rings. The lowest BCUT2D eigenvalue weighted by Crippen LogP contribution is -2.53. The molecule has 3 heterocycles. The van der Waals surface area contributed by atoms with Gasteiger partial charge in [-0.3, -0.25) is 19.3 Å². The quantitative estimate of drug-likeness (QED) is 0.280. The summed E-state index contributed by atoms with van der Waals surface area (Å²) in [5, 5.41) is 19.9. The highest BCUT2D eigenvalue weighted by molar-refractivity contribution is 5.89. The van der Waals surface area contributed by atoms with Crippen LogP contribution in [0.2, 0.25) is 0 Å². The number of methoxy groups -OCH3 is 1. The molecule has 3 aliphatic heterocycles. The van der Waals surface area contributed by atoms with Crippen LogP contribution in [-0.2, 0) is 14.4 Å². The molecular weight excluding hydrogens is 576 g/mol. The highest BCUT2D eigenvalue weighted by atomic mass is 16.7. The lowest BCUT2D eigenvalue weighted by molar-refractivity contribution is -0.143. The molecule has 11 heteroatoms. The summed E-state index contributed by atoms with van der Waals surface area (Å²) in [6.45, 7) is 6.21. The molecule has 0 aromatic heterocycles. The summed E-state index contributed by atoms with van der Waals surface area (Å²) in [7, 11) is 1.59. The molecule has 45 heavy (non-hydrogen) atoms. The van der Waals surface area contributed by atoms with Gasteiger partial charge >= 0.3 is 5.97 Å². The van der Waals surface area contributed by atoms with Crippen molar-refractivity contribution >= 4 is 17.8 Å². The number of rotatable bonds is 12. The minimum absolute atomic E-state index is 0.132. The summed E-state index contributed by atoms with van der Waals surface area (Å²) >= 11 is 0. The zero-order chi connectivity index (χ0) is 31.9. The van der Waals surface area contributed by atoms with Gasteiger partial charge in [0.1, 0.15) is 11.8 Å². The van der Waals surface area contributed by atoms with E-state index in [9.17, 15) is 19.5 Å². The maximum atomic E-state index is 13.4. The van der Waals surface area contributed by atoms with Gasteiger partial charge in [-0.15, -0.1) is 0 Å². The first-order valence-electron chi connectivity index (χ1n) is 16.1. The predicted octanol–water partition coefficient (Wildman–Crippen LogP) is 3.44. The molecule has 4 N–H and O–H groups in total. The van der Waals surface area contributed by atoms with E-state index in [0.29, 0.717) is 43.3 Å². The van der Waals surface area contributed by atoms with Gasteiger partial charge in [0.05, 0.1) is 19.1 Å². The van der Waals surface area contributed by atoms with E-state index in [2.05, 4.69) is 20.9 Å². The van der Waals surface area contributed by atoms with Crippen LogP contribution in [0.15, 0.2) is 42.5 Å². The number of ether oxygens (including phenoxy) is 3. The molecule has 0 radical (unpaired) electrons. The van der Waals surface area contributed by atoms with Crippen molar-refractivity contribution in [2.24, 2.45) is 11.8 Å². The Labute approximate surface area is 265 Å². The monoisotopic (exact) mass is 622 g/mol. The average molecular weight is 623 g/mol. The van der Waals surface area contributed by atoms with E-state index in [0.717, 1.165) is 43.4 Å². The van der Waals surface area contributed by atoms with Gasteiger partial charge in [0.15, 0.2) is 11.5 Å². The molecule has 5 atom stereocenters. The Morgan fingerprint density at radius 1 is 1.04 bits per heavy atom. The van der Waals surface area contributed by atoms with Crippen LogP contribution < -0.4 is 30.2 Å². The first-order valence-corrected chi connectivity index (χ1v) is 16.1. The van der Waals surface area contributed by atoms with Crippen LogP contribution in [0, 0.1) is 11.8 Å². The Balaban J connectivity index is 1.31. The summed E-state index contributed by atoms with van der Waals surface area (Å²) < 4.78 is 16.4. The lowest BCUT2D eigenvalue weighted by atomic mass is 9.82. The Hall–Kier alpha value is -3.83. The van der Waals surface area contributed by atoms with Gasteiger partial charge in [0, 0.05) is 31.6 Å². The van der Waals surface area contributed by atoms with Gasteiger partial charge in [0.25, 0.3) is 0 Å². The van der Waals surface area contributed by atoms with Crippen LogP contribution in [0.3, 0.4) is 0 Å². The molecule has 0 bridgehead atoms. The molecule has 0 spiro atoms. The first kappa shape index (κ1) is 32.6. The highest BCUT2D eigenvalue weighted by Crippen LogP contribution is 2.47. The molecule has 3 aliphatic rings. The van der Waals surface area contributed by atoms with E-state index in [1.807, 2.05) is 56.3 Å². The number of amides is 2. The van der Waals surface area contributed by atoms with E-state index in [1.165, 1.54) is 0 Å². The van der Waals surface area contributed by atoms with Crippen molar-refractivity contribution in [1.29, 1.82) is 0 Å². The number of benzene rings is 2. The lowest BCUT2D eigenvalue weighted by Gasteiger charge is -2.28. The maximum Gasteiger partial charge on any atom is 0.309 e. The number of carboxylic acids is 1. The minimum Gasteiger partial charge on any atom is -0.497 e. The Bertz CT molecular complexity index is 1330. The number of nitrogens with one attached hydrogen (secondary N) is 3. The Morgan fingerprint density at radius 2 is 1.80 bits per heavy atom. The molecule has 5 unspecified atom stereocenters. The fourth-order valence-electron chi connectivity index (χ4n) is 6.81. The van der Waals surface area contributed by atoms with Crippen LogP contribution in [0.1, 0.15) is 69.0 Å². The first-order chi connectivity index (χ1) is 21.7. The number of carbonyl (C=O) groups is 3. The number of nitrogens with zero attached hydrogens (tertiary/aromatic N) is 1. The zero-order valence-corrected chi connectivity index (χ0v) is 26.4. The van der Waals surface area contributed by atoms with Crippen LogP contribution in [0.4, 0.5) is 0 Å². The molecule has 2 aromatic rings. The van der Waals surface area contributed by atoms with Gasteiger partial charge < -0.3 is 35.3 Å². The van der Waals surface area contributed by atoms with Gasteiger partial charge in [-0.2, -0.15) is 0 Å². The summed E-state index contributed by atoms with van der Waals surface area (Å²) in [6, 6.07) is 11.7. The second kappa shape index (κ2) is 15.0. The summed E-state index contributed by atoms with van der Waals surface area (Å²) in [5.41, 5.74) is 1.72. The predicted molar refractivity (Wildman–Crippen MR) is 168 cm³/mol. The Kier molecular flexibility index (Phi) is 10.8. The molecule has 11 nitrogen and oxygen atoms in total. The third kappa shape index (κ3) is 7.88. The van der Waals surface area contributed by atoms with E-state index in [4.69, 9.17) is 14.2 Å². The van der Waals surface area contributed by atoms with Gasteiger partial charge in [-0.05, 0) is 67.1 Å². The fourth-order valence-corrected chi connectivity index (χ4v) is 6.81. The summed E-state index contributed by atoms with van der Waals surface area (Å²) in [5.74, 6) is -0.160. The molecule has 244 valence electrons. The number of hydrogen-bond acceptors (Lipinski definition) is 8. The Morgan fingerprint density at radius 3 is 2.53 bits per heavy atom. The summed E-state index contributed by atoms with van der Waals surface area (Å²) in [4.78, 5) is 41.5. The normalized spacial score (nSPS) is 23.7. The second-order valence-electron chi connectivity index (χ2n) is 12.6. The van der Waals surface area contributed by atoms with Crippen molar-refractivity contribution < 1.29 is 33.7 Å². The SMILES string of the molecule is COc1ccc(C2C(C(=O)O)C(c3ccc4c(c3)OCO4)CN2CCNC(=O)C(CC(C)C)NC(=O)C2CCCCCN2)cc1. The third-order valence-corrected chi connectivity index (χ3v) is 9.08. The third-order valence-electron chi connectivity index (χ3n) is 9.08. The minimum atomic E-state index is -0.892. The fraction of sp³-hybridized carbons (Fsp3) is 0.559. The van der Waals surface area contributed by atoms with Crippen molar-refractivity contribution in [2.45, 2.75) is 70.0 Å². The van der Waals surface area contributed by atoms with Crippen molar-refractivity contribution in [2.75, 3.05) is 40.1 Å². The molecule has 0 aliphatic carbocycles. The standard InChI is InChI=1S/C34H46N4O7/c1-21(2)17-27(37-33(40)26-7-5-4-6-14-35-26)32(39)36-15-16-38-19-25(23-10-13-28-29(18-23)45-20-44-28)30(34(41)42)31(38)22-8-11-24(43-3)12-9-22/h8-13,18,21,25-27,30-31,35H,4-7,14-17,19-20H2,1-3H3,(H,36,39)(H,37,40)(H,41,42). The molecular formula is C34H46N4O7. The number of likely N-dealkylation sites (tertiary alicyclic amines) is 1. The second-order valence-corrected chi connectivity index (χ2v) is 12.6. The number of hydrogen-bond donors (Lipinski definition) is 4. The van der Waals surface area contributed by atoms with Gasteiger partial charge in [-0.25, -0.2) is 0 Å². The molecule has 2 saturated heterocycles. The van der Waals surface area contributed by atoms with E-state index in [-0.39, 0.29) is 36.5 Å². The van der Waals surface area contributed by atoms with E-state index < -0.39 is 24.0 Å². The number of carbonyl (C=O) groups excluding carboxylic acids is 2. The van der Waals surface area contributed by atoms with Crippen LogP contribution in [-0.4, -0.2) is 80.0 Å². The van der Waals surface area contributed by atoms with Crippen molar-refractivity contribution in [3.63, 3.8) is 0 Å².